The lowest BCUT2D eigenvalue weighted by molar-refractivity contribution is -0.156. The SMILES string of the molecule is CC1(Cc2ccc(C(F)(F)F)cc2)OCC(CO)O1. The second-order valence-corrected chi connectivity index (χ2v) is 4.74. The van der Waals surface area contributed by atoms with Crippen molar-refractivity contribution >= 4 is 0 Å². The van der Waals surface area contributed by atoms with E-state index in [4.69, 9.17) is 14.6 Å². The van der Waals surface area contributed by atoms with Crippen molar-refractivity contribution in [2.75, 3.05) is 13.2 Å². The lowest BCUT2D eigenvalue weighted by atomic mass is 10.0. The second kappa shape index (κ2) is 5.11. The largest absolute Gasteiger partial charge is 0.416 e. The molecule has 0 aliphatic carbocycles. The fourth-order valence-corrected chi connectivity index (χ4v) is 2.05. The molecule has 106 valence electrons. The molecule has 1 aliphatic rings. The summed E-state index contributed by atoms with van der Waals surface area (Å²) >= 11 is 0. The van der Waals surface area contributed by atoms with Gasteiger partial charge in [0, 0.05) is 6.42 Å². The van der Waals surface area contributed by atoms with Crippen LogP contribution in [0.5, 0.6) is 0 Å². The molecule has 0 aromatic heterocycles. The minimum Gasteiger partial charge on any atom is -0.394 e. The highest BCUT2D eigenvalue weighted by atomic mass is 19.4. The van der Waals surface area contributed by atoms with E-state index >= 15 is 0 Å². The van der Waals surface area contributed by atoms with Gasteiger partial charge in [-0.1, -0.05) is 12.1 Å². The third kappa shape index (κ3) is 3.46. The van der Waals surface area contributed by atoms with Gasteiger partial charge in [-0.05, 0) is 24.6 Å². The molecule has 1 aliphatic heterocycles. The van der Waals surface area contributed by atoms with Crippen molar-refractivity contribution in [3.05, 3.63) is 35.4 Å². The molecule has 0 amide bonds. The summed E-state index contributed by atoms with van der Waals surface area (Å²) in [5.41, 5.74) is 0.0111. The summed E-state index contributed by atoms with van der Waals surface area (Å²) in [6, 6.07) is 4.90. The Labute approximate surface area is 108 Å². The molecule has 0 spiro atoms. The van der Waals surface area contributed by atoms with Crippen molar-refractivity contribution < 1.29 is 27.8 Å². The van der Waals surface area contributed by atoms with Gasteiger partial charge in [0.05, 0.1) is 18.8 Å². The Kier molecular flexibility index (Phi) is 3.85. The molecular weight excluding hydrogens is 261 g/mol. The molecular formula is C13H15F3O3. The lowest BCUT2D eigenvalue weighted by Crippen LogP contribution is -2.30. The average molecular weight is 276 g/mol. The van der Waals surface area contributed by atoms with Crippen molar-refractivity contribution in [3.63, 3.8) is 0 Å². The Morgan fingerprint density at radius 2 is 1.95 bits per heavy atom. The summed E-state index contributed by atoms with van der Waals surface area (Å²) in [7, 11) is 0. The van der Waals surface area contributed by atoms with Crippen LogP contribution in [-0.4, -0.2) is 30.2 Å². The van der Waals surface area contributed by atoms with Gasteiger partial charge in [-0.2, -0.15) is 13.2 Å². The molecule has 0 saturated carbocycles. The van der Waals surface area contributed by atoms with Crippen molar-refractivity contribution in [1.82, 2.24) is 0 Å². The highest BCUT2D eigenvalue weighted by Crippen LogP contribution is 2.31. The first-order valence-corrected chi connectivity index (χ1v) is 5.91. The molecule has 1 fully saturated rings. The van der Waals surface area contributed by atoms with Crippen molar-refractivity contribution in [2.45, 2.75) is 31.4 Å². The van der Waals surface area contributed by atoms with Gasteiger partial charge in [-0.25, -0.2) is 0 Å². The molecule has 1 N–H and O–H groups in total. The molecule has 0 bridgehead atoms. The standard InChI is InChI=1S/C13H15F3O3/c1-12(18-8-11(7-17)19-12)6-9-2-4-10(5-3-9)13(14,15)16/h2-5,11,17H,6-8H2,1H3. The number of hydrogen-bond donors (Lipinski definition) is 1. The third-order valence-electron chi connectivity index (χ3n) is 3.00. The predicted octanol–water partition coefficient (Wildman–Crippen LogP) is 2.37. The van der Waals surface area contributed by atoms with Gasteiger partial charge in [0.2, 0.25) is 0 Å². The molecule has 2 rings (SSSR count). The fraction of sp³-hybridized carbons (Fsp3) is 0.538. The van der Waals surface area contributed by atoms with E-state index in [2.05, 4.69) is 0 Å². The molecule has 2 unspecified atom stereocenters. The maximum absolute atomic E-state index is 12.4. The quantitative estimate of drug-likeness (QED) is 0.921. The van der Waals surface area contributed by atoms with E-state index in [1.165, 1.54) is 12.1 Å². The fourth-order valence-electron chi connectivity index (χ4n) is 2.05. The van der Waals surface area contributed by atoms with Crippen LogP contribution in [-0.2, 0) is 22.1 Å². The molecule has 6 heteroatoms. The van der Waals surface area contributed by atoms with E-state index in [9.17, 15) is 13.2 Å². The Hall–Kier alpha value is -1.11. The third-order valence-corrected chi connectivity index (χ3v) is 3.00. The van der Waals surface area contributed by atoms with Gasteiger partial charge in [0.25, 0.3) is 0 Å². The smallest absolute Gasteiger partial charge is 0.394 e. The van der Waals surface area contributed by atoms with Crippen LogP contribution < -0.4 is 0 Å². The average Bonchev–Trinajstić information content (AvgIpc) is 2.70. The van der Waals surface area contributed by atoms with Crippen LogP contribution in [0.15, 0.2) is 24.3 Å². The number of hydrogen-bond acceptors (Lipinski definition) is 3. The zero-order chi connectivity index (χ0) is 14.1. The minimum absolute atomic E-state index is 0.136. The molecule has 1 saturated heterocycles. The van der Waals surface area contributed by atoms with E-state index in [0.717, 1.165) is 12.1 Å². The van der Waals surface area contributed by atoms with E-state index in [1.807, 2.05) is 0 Å². The summed E-state index contributed by atoms with van der Waals surface area (Å²) in [6.07, 6.45) is -4.37. The van der Waals surface area contributed by atoms with Crippen LogP contribution >= 0.6 is 0 Å². The molecule has 19 heavy (non-hydrogen) atoms. The normalized spacial score (nSPS) is 27.7. The molecule has 2 atom stereocenters. The Bertz CT molecular complexity index is 430. The summed E-state index contributed by atoms with van der Waals surface area (Å²) < 4.78 is 48.2. The Morgan fingerprint density at radius 3 is 2.42 bits per heavy atom. The molecule has 3 nitrogen and oxygen atoms in total. The highest BCUT2D eigenvalue weighted by Gasteiger charge is 2.37. The van der Waals surface area contributed by atoms with Crippen LogP contribution in [0, 0.1) is 0 Å². The highest BCUT2D eigenvalue weighted by molar-refractivity contribution is 5.25. The van der Waals surface area contributed by atoms with E-state index in [0.29, 0.717) is 12.0 Å². The number of rotatable bonds is 3. The Balaban J connectivity index is 2.04. The van der Waals surface area contributed by atoms with Gasteiger partial charge >= 0.3 is 6.18 Å². The van der Waals surface area contributed by atoms with Crippen LogP contribution in [0.4, 0.5) is 13.2 Å². The second-order valence-electron chi connectivity index (χ2n) is 4.74. The predicted molar refractivity (Wildman–Crippen MR) is 61.5 cm³/mol. The summed E-state index contributed by atoms with van der Waals surface area (Å²) in [5, 5.41) is 8.96. The first-order valence-electron chi connectivity index (χ1n) is 5.91. The number of ether oxygens (including phenoxy) is 2. The van der Waals surface area contributed by atoms with Gasteiger partial charge in [0.1, 0.15) is 6.10 Å². The van der Waals surface area contributed by atoms with Crippen molar-refractivity contribution in [3.8, 4) is 0 Å². The first kappa shape index (κ1) is 14.3. The van der Waals surface area contributed by atoms with Gasteiger partial charge in [-0.15, -0.1) is 0 Å². The number of aliphatic hydroxyl groups excluding tert-OH is 1. The molecule has 1 aromatic rings. The van der Waals surface area contributed by atoms with E-state index in [1.54, 1.807) is 6.92 Å². The van der Waals surface area contributed by atoms with Crippen LogP contribution in [0.1, 0.15) is 18.1 Å². The summed E-state index contributed by atoms with van der Waals surface area (Å²) in [6.45, 7) is 1.86. The zero-order valence-corrected chi connectivity index (χ0v) is 10.4. The number of alkyl halides is 3. The first-order chi connectivity index (χ1) is 8.82. The maximum atomic E-state index is 12.4. The van der Waals surface area contributed by atoms with Gasteiger partial charge in [-0.3, -0.25) is 0 Å². The monoisotopic (exact) mass is 276 g/mol. The molecule has 1 aromatic carbocycles. The van der Waals surface area contributed by atoms with Crippen LogP contribution in [0.25, 0.3) is 0 Å². The molecule has 0 radical (unpaired) electrons. The summed E-state index contributed by atoms with van der Waals surface area (Å²) in [5.74, 6) is -0.896. The Morgan fingerprint density at radius 1 is 1.32 bits per heavy atom. The van der Waals surface area contributed by atoms with Crippen LogP contribution in [0.2, 0.25) is 0 Å². The van der Waals surface area contributed by atoms with E-state index in [-0.39, 0.29) is 19.3 Å². The molecule has 1 heterocycles. The van der Waals surface area contributed by atoms with E-state index < -0.39 is 17.5 Å². The summed E-state index contributed by atoms with van der Waals surface area (Å²) in [4.78, 5) is 0. The topological polar surface area (TPSA) is 38.7 Å². The number of benzene rings is 1. The minimum atomic E-state index is -4.33. The van der Waals surface area contributed by atoms with Crippen molar-refractivity contribution in [1.29, 1.82) is 0 Å². The van der Waals surface area contributed by atoms with Crippen molar-refractivity contribution in [2.24, 2.45) is 0 Å². The lowest BCUT2D eigenvalue weighted by Gasteiger charge is -2.23. The van der Waals surface area contributed by atoms with Gasteiger partial charge in [0.15, 0.2) is 5.79 Å². The number of halogens is 3. The maximum Gasteiger partial charge on any atom is 0.416 e. The van der Waals surface area contributed by atoms with Crippen LogP contribution in [0.3, 0.4) is 0 Å². The zero-order valence-electron chi connectivity index (χ0n) is 10.4. The number of aliphatic hydroxyl groups is 1. The van der Waals surface area contributed by atoms with Gasteiger partial charge < -0.3 is 14.6 Å².